The van der Waals surface area contributed by atoms with Crippen LogP contribution in [-0.2, 0) is 19.1 Å². The Hall–Kier alpha value is -1.27. The summed E-state index contributed by atoms with van der Waals surface area (Å²) in [7, 11) is 0. The molecule has 3 atom stereocenters. The van der Waals surface area contributed by atoms with Crippen molar-refractivity contribution >= 4 is 17.5 Å². The van der Waals surface area contributed by atoms with Gasteiger partial charge in [-0.05, 0) is 64.7 Å². The van der Waals surface area contributed by atoms with E-state index < -0.39 is 12.1 Å². The quantitative estimate of drug-likeness (QED) is 0.379. The lowest BCUT2D eigenvalue weighted by Crippen LogP contribution is -2.52. The summed E-state index contributed by atoms with van der Waals surface area (Å²) < 4.78 is 5.84. The molecule has 6 nitrogen and oxygen atoms in total. The van der Waals surface area contributed by atoms with Crippen molar-refractivity contribution < 1.29 is 19.1 Å². The highest BCUT2D eigenvalue weighted by Crippen LogP contribution is 2.30. The maximum Gasteiger partial charge on any atom is 0.306 e. The lowest BCUT2D eigenvalue weighted by atomic mass is 9.88. The smallest absolute Gasteiger partial charge is 0.306 e. The zero-order valence-corrected chi connectivity index (χ0v) is 21.2. The first-order chi connectivity index (χ1) is 16.5. The Morgan fingerprint density at radius 3 is 1.76 bits per heavy atom. The third-order valence-corrected chi connectivity index (χ3v) is 8.90. The van der Waals surface area contributed by atoms with E-state index in [4.69, 9.17) is 4.74 Å². The SMILES string of the molecule is CC(OC(=O)CCC(NC1CCC1)C(=O)C1CCCC1)C(NC1CCCC1)C(=O)C1CCCC1. The number of ketones is 2. The van der Waals surface area contributed by atoms with Gasteiger partial charge in [-0.3, -0.25) is 14.4 Å². The first kappa shape index (κ1) is 25.8. The van der Waals surface area contributed by atoms with E-state index in [0.717, 1.165) is 77.0 Å². The van der Waals surface area contributed by atoms with Gasteiger partial charge in [0, 0.05) is 30.3 Å². The number of hydrogen-bond donors (Lipinski definition) is 2. The van der Waals surface area contributed by atoms with Crippen LogP contribution in [-0.4, -0.2) is 47.8 Å². The molecular formula is C28H46N2O4. The second-order valence-corrected chi connectivity index (χ2v) is 11.5. The summed E-state index contributed by atoms with van der Waals surface area (Å²) in [5, 5.41) is 7.11. The van der Waals surface area contributed by atoms with E-state index in [2.05, 4.69) is 10.6 Å². The molecule has 6 heteroatoms. The van der Waals surface area contributed by atoms with Gasteiger partial charge in [0.15, 0.2) is 11.6 Å². The fraction of sp³-hybridized carbons (Fsp3) is 0.893. The van der Waals surface area contributed by atoms with Crippen LogP contribution in [0, 0.1) is 11.8 Å². The molecule has 2 N–H and O–H groups in total. The summed E-state index contributed by atoms with van der Waals surface area (Å²) in [6.45, 7) is 1.87. The lowest BCUT2D eigenvalue weighted by Gasteiger charge is -2.32. The van der Waals surface area contributed by atoms with Crippen molar-refractivity contribution in [2.75, 3.05) is 0 Å². The molecule has 192 valence electrons. The van der Waals surface area contributed by atoms with Gasteiger partial charge in [-0.2, -0.15) is 0 Å². The van der Waals surface area contributed by atoms with Crippen LogP contribution in [0.3, 0.4) is 0 Å². The molecule has 0 aromatic heterocycles. The molecule has 0 spiro atoms. The summed E-state index contributed by atoms with van der Waals surface area (Å²) in [5.74, 6) is 0.481. The van der Waals surface area contributed by atoms with Crippen molar-refractivity contribution in [3.8, 4) is 0 Å². The van der Waals surface area contributed by atoms with Gasteiger partial charge >= 0.3 is 5.97 Å². The van der Waals surface area contributed by atoms with Crippen LogP contribution >= 0.6 is 0 Å². The summed E-state index contributed by atoms with van der Waals surface area (Å²) in [4.78, 5) is 39.3. The summed E-state index contributed by atoms with van der Waals surface area (Å²) >= 11 is 0. The molecule has 0 bridgehead atoms. The van der Waals surface area contributed by atoms with Crippen LogP contribution < -0.4 is 10.6 Å². The largest absolute Gasteiger partial charge is 0.461 e. The van der Waals surface area contributed by atoms with Crippen LogP contribution in [0.2, 0.25) is 0 Å². The van der Waals surface area contributed by atoms with Crippen LogP contribution in [0.25, 0.3) is 0 Å². The number of carbonyl (C=O) groups excluding carboxylic acids is 3. The summed E-state index contributed by atoms with van der Waals surface area (Å²) in [6.07, 6.45) is 16.7. The van der Waals surface area contributed by atoms with E-state index in [-0.39, 0.29) is 36.1 Å². The Morgan fingerprint density at radius 1 is 0.706 bits per heavy atom. The number of Topliss-reactive ketones (excluding diaryl/α,β-unsaturated/α-hetero) is 2. The molecule has 0 heterocycles. The van der Waals surface area contributed by atoms with E-state index >= 15 is 0 Å². The number of ether oxygens (including phenoxy) is 1. The highest BCUT2D eigenvalue weighted by molar-refractivity contribution is 5.88. The van der Waals surface area contributed by atoms with Gasteiger partial charge in [-0.25, -0.2) is 0 Å². The minimum absolute atomic E-state index is 0.0974. The molecule has 4 aliphatic rings. The Labute approximate surface area is 205 Å². The predicted molar refractivity (Wildman–Crippen MR) is 132 cm³/mol. The van der Waals surface area contributed by atoms with Crippen molar-refractivity contribution in [1.82, 2.24) is 10.6 Å². The van der Waals surface area contributed by atoms with Gasteiger partial charge in [0.25, 0.3) is 0 Å². The second-order valence-electron chi connectivity index (χ2n) is 11.5. The fourth-order valence-electron chi connectivity index (χ4n) is 6.52. The molecule has 0 aromatic carbocycles. The van der Waals surface area contributed by atoms with Crippen LogP contribution in [0.1, 0.15) is 116 Å². The number of esters is 1. The highest BCUT2D eigenvalue weighted by atomic mass is 16.5. The minimum Gasteiger partial charge on any atom is -0.461 e. The van der Waals surface area contributed by atoms with Gasteiger partial charge < -0.3 is 15.4 Å². The molecule has 0 amide bonds. The second kappa shape index (κ2) is 12.6. The standard InChI is InChI=1S/C28H46N2O4/c1-19(26(30-23-13-6-7-14-23)28(33)21-11-4-5-12-21)34-25(31)18-17-24(29-22-15-8-16-22)27(32)20-9-2-3-10-20/h19-24,26,29-30H,2-18H2,1H3. The molecular weight excluding hydrogens is 428 g/mol. The molecule has 4 aliphatic carbocycles. The van der Waals surface area contributed by atoms with E-state index in [1.807, 2.05) is 6.92 Å². The third-order valence-electron chi connectivity index (χ3n) is 8.90. The van der Waals surface area contributed by atoms with Gasteiger partial charge in [0.2, 0.25) is 0 Å². The first-order valence-corrected chi connectivity index (χ1v) is 14.3. The van der Waals surface area contributed by atoms with Crippen molar-refractivity contribution in [1.29, 1.82) is 0 Å². The van der Waals surface area contributed by atoms with Crippen molar-refractivity contribution in [2.45, 2.75) is 146 Å². The van der Waals surface area contributed by atoms with Crippen molar-refractivity contribution in [3.05, 3.63) is 0 Å². The number of nitrogens with one attached hydrogen (secondary N) is 2. The van der Waals surface area contributed by atoms with Gasteiger partial charge in [-0.1, -0.05) is 44.9 Å². The number of hydrogen-bond acceptors (Lipinski definition) is 6. The predicted octanol–water partition coefficient (Wildman–Crippen LogP) is 4.63. The van der Waals surface area contributed by atoms with Crippen LogP contribution in [0.4, 0.5) is 0 Å². The Morgan fingerprint density at radius 2 is 1.21 bits per heavy atom. The topological polar surface area (TPSA) is 84.5 Å². The molecule has 0 aromatic rings. The molecule has 4 rings (SSSR count). The first-order valence-electron chi connectivity index (χ1n) is 14.3. The molecule has 4 saturated carbocycles. The fourth-order valence-corrected chi connectivity index (χ4v) is 6.52. The Kier molecular flexibility index (Phi) is 9.58. The third kappa shape index (κ3) is 6.90. The minimum atomic E-state index is -0.482. The molecule has 34 heavy (non-hydrogen) atoms. The van der Waals surface area contributed by atoms with Crippen molar-refractivity contribution in [2.24, 2.45) is 11.8 Å². The number of rotatable bonds is 13. The average molecular weight is 475 g/mol. The lowest BCUT2D eigenvalue weighted by molar-refractivity contribution is -0.151. The zero-order chi connectivity index (χ0) is 23.9. The molecule has 0 radical (unpaired) electrons. The number of carbonyl (C=O) groups is 3. The Balaban J connectivity index is 1.31. The zero-order valence-electron chi connectivity index (χ0n) is 21.2. The maximum atomic E-state index is 13.3. The monoisotopic (exact) mass is 474 g/mol. The van der Waals surface area contributed by atoms with E-state index in [1.54, 1.807) is 0 Å². The summed E-state index contributed by atoms with van der Waals surface area (Å²) in [6, 6.07) is 0.0916. The molecule has 4 fully saturated rings. The van der Waals surface area contributed by atoms with E-state index in [9.17, 15) is 14.4 Å². The molecule has 3 unspecified atom stereocenters. The van der Waals surface area contributed by atoms with Gasteiger partial charge in [0.05, 0.1) is 6.04 Å². The van der Waals surface area contributed by atoms with Crippen molar-refractivity contribution in [3.63, 3.8) is 0 Å². The normalized spacial score (nSPS) is 25.2. The van der Waals surface area contributed by atoms with Gasteiger partial charge in [0.1, 0.15) is 12.1 Å². The summed E-state index contributed by atoms with van der Waals surface area (Å²) in [5.41, 5.74) is 0. The Bertz CT molecular complexity index is 689. The van der Waals surface area contributed by atoms with Crippen LogP contribution in [0.5, 0.6) is 0 Å². The van der Waals surface area contributed by atoms with Gasteiger partial charge in [-0.15, -0.1) is 0 Å². The highest BCUT2D eigenvalue weighted by Gasteiger charge is 2.37. The van der Waals surface area contributed by atoms with E-state index in [0.29, 0.717) is 24.3 Å². The average Bonchev–Trinajstić information content (AvgIpc) is 3.58. The maximum absolute atomic E-state index is 13.3. The molecule has 0 saturated heterocycles. The van der Waals surface area contributed by atoms with Crippen LogP contribution in [0.15, 0.2) is 0 Å². The molecule has 0 aliphatic heterocycles. The van der Waals surface area contributed by atoms with E-state index in [1.165, 1.54) is 19.3 Å².